The van der Waals surface area contributed by atoms with Gasteiger partial charge in [0.2, 0.25) is 0 Å². The molecule has 0 amide bonds. The van der Waals surface area contributed by atoms with E-state index in [1.54, 1.807) is 0 Å². The molecule has 0 N–H and O–H groups in total. The number of hydrogen-bond donors (Lipinski definition) is 0. The minimum atomic E-state index is -8.43. The summed E-state index contributed by atoms with van der Waals surface area (Å²) in [5.41, 5.74) is -24.8. The summed E-state index contributed by atoms with van der Waals surface area (Å²) in [4.78, 5) is 0. The van der Waals surface area contributed by atoms with Crippen LogP contribution in [0.4, 0.5) is 83.4 Å². The largest absolute Gasteiger partial charge is 0.495 e. The van der Waals surface area contributed by atoms with E-state index in [2.05, 4.69) is 0 Å². The molecular formula is C17H2F19O4S2-. The Morgan fingerprint density at radius 3 is 1.33 bits per heavy atom. The van der Waals surface area contributed by atoms with Gasteiger partial charge in [-0.15, -0.1) is 0 Å². The van der Waals surface area contributed by atoms with E-state index in [9.17, 15) is 95.9 Å². The standard InChI is InChI=1S/C17H2F19O4S2/c18-5-2-3(8(21)11(24)10(23)7(2)20)6(19)9(22)4(5)12(42(39,40)17(34,35)36)41(37,38)1-13(14(25,26)27,15(28,29)30)16(31,32)33/h1H2/q-1/b12-4+. The fourth-order valence-corrected chi connectivity index (χ4v) is 7.44. The third kappa shape index (κ3) is 4.94. The molecule has 0 aromatic heterocycles. The predicted molar refractivity (Wildman–Crippen MR) is 95.2 cm³/mol. The fraction of sp³-hybridized carbons (Fsp3) is 0.353. The van der Waals surface area contributed by atoms with E-state index in [0.717, 1.165) is 0 Å². The maximum atomic E-state index is 15.0. The van der Waals surface area contributed by atoms with E-state index in [1.165, 1.54) is 0 Å². The molecule has 0 unspecified atom stereocenters. The average molecular weight is 695 g/mol. The van der Waals surface area contributed by atoms with Gasteiger partial charge in [-0.3, -0.25) is 8.78 Å². The average Bonchev–Trinajstić information content (AvgIpc) is 2.76. The molecule has 1 aromatic carbocycles. The minimum absolute atomic E-state index is 2.80. The first kappa shape index (κ1) is 35.3. The lowest BCUT2D eigenvalue weighted by molar-refractivity contribution is -0.418. The molecule has 4 nitrogen and oxygen atoms in total. The second-order valence-electron chi connectivity index (χ2n) is 7.72. The summed E-state index contributed by atoms with van der Waals surface area (Å²) < 4.78 is 302. The summed E-state index contributed by atoms with van der Waals surface area (Å²) >= 11 is 0. The fourth-order valence-electron chi connectivity index (χ4n) is 3.30. The summed E-state index contributed by atoms with van der Waals surface area (Å²) in [5.74, 6) is -25.2. The number of fused-ring (bicyclic) bond motifs is 1. The molecule has 0 heterocycles. The minimum Gasteiger partial charge on any atom is -0.254 e. The van der Waals surface area contributed by atoms with Crippen molar-refractivity contribution in [2.24, 2.45) is 5.41 Å². The van der Waals surface area contributed by atoms with Gasteiger partial charge in [-0.05, 0) is 16.7 Å². The van der Waals surface area contributed by atoms with Gasteiger partial charge in [-0.2, -0.15) is 52.7 Å². The van der Waals surface area contributed by atoms with Crippen molar-refractivity contribution in [1.29, 1.82) is 0 Å². The Labute approximate surface area is 217 Å². The van der Waals surface area contributed by atoms with Crippen molar-refractivity contribution in [1.82, 2.24) is 0 Å². The van der Waals surface area contributed by atoms with Crippen molar-refractivity contribution >= 4 is 25.5 Å². The van der Waals surface area contributed by atoms with E-state index >= 15 is 4.39 Å². The molecule has 25 heteroatoms. The van der Waals surface area contributed by atoms with Crippen molar-refractivity contribution in [2.75, 3.05) is 5.75 Å². The van der Waals surface area contributed by atoms with E-state index in [0.29, 0.717) is 0 Å². The molecule has 42 heavy (non-hydrogen) atoms. The Bertz CT molecular complexity index is 1550. The third-order valence-corrected chi connectivity index (χ3v) is 9.54. The molecule has 0 atom stereocenters. The van der Waals surface area contributed by atoms with Gasteiger partial charge in [0, 0.05) is 0 Å². The lowest BCUT2D eigenvalue weighted by Gasteiger charge is -2.39. The summed E-state index contributed by atoms with van der Waals surface area (Å²) in [6.45, 7) is 0. The van der Waals surface area contributed by atoms with Gasteiger partial charge in [0.1, 0.15) is 21.7 Å². The van der Waals surface area contributed by atoms with Gasteiger partial charge < -0.3 is 0 Å². The van der Waals surface area contributed by atoms with Gasteiger partial charge in [0.25, 0.3) is 15.3 Å². The van der Waals surface area contributed by atoms with Crippen molar-refractivity contribution in [3.05, 3.63) is 56.2 Å². The number of benzene rings is 1. The first-order valence-corrected chi connectivity index (χ1v) is 12.4. The lowest BCUT2D eigenvalue weighted by atomic mass is 9.88. The smallest absolute Gasteiger partial charge is 0.254 e. The van der Waals surface area contributed by atoms with Crippen molar-refractivity contribution in [3.63, 3.8) is 0 Å². The number of hydrogen-bond acceptors (Lipinski definition) is 4. The molecule has 2 rings (SSSR count). The van der Waals surface area contributed by atoms with Gasteiger partial charge in [-0.1, -0.05) is 0 Å². The summed E-state index contributed by atoms with van der Waals surface area (Å²) in [6.07, 6.45) is -27.6. The third-order valence-electron chi connectivity index (χ3n) is 5.23. The number of alkyl halides is 12. The van der Waals surface area contributed by atoms with Crippen LogP contribution >= 0.6 is 0 Å². The van der Waals surface area contributed by atoms with Crippen LogP contribution in [0.15, 0.2) is 15.6 Å². The Balaban J connectivity index is 3.31. The topological polar surface area (TPSA) is 68.3 Å². The Morgan fingerprint density at radius 2 is 0.976 bits per heavy atom. The monoisotopic (exact) mass is 695 g/mol. The first-order chi connectivity index (χ1) is 18.3. The first-order valence-electron chi connectivity index (χ1n) is 9.26. The SMILES string of the molecule is O=S(=O)(CC(C(F)(F)F)(C(F)(F)F)C(F)(F)F)/C(=C1\C(F)=C(F)c2c(F)c(F)c(F)c(F)c2[C-]1F)S(=O)(=O)C(F)(F)F. The van der Waals surface area contributed by atoms with Crippen molar-refractivity contribution in [2.45, 2.75) is 24.0 Å². The number of sulfone groups is 2. The maximum absolute atomic E-state index is 15.0. The normalized spacial score (nSPS) is 17.5. The molecule has 0 bridgehead atoms. The van der Waals surface area contributed by atoms with Crippen LogP contribution < -0.4 is 0 Å². The van der Waals surface area contributed by atoms with Gasteiger partial charge in [0.05, 0.1) is 17.8 Å². The van der Waals surface area contributed by atoms with Gasteiger partial charge in [-0.25, -0.2) is 38.8 Å². The predicted octanol–water partition coefficient (Wildman–Crippen LogP) is 6.95. The van der Waals surface area contributed by atoms with E-state index in [-0.39, 0.29) is 0 Å². The van der Waals surface area contributed by atoms with Gasteiger partial charge in [0.15, 0.2) is 21.5 Å². The second kappa shape index (κ2) is 9.83. The lowest BCUT2D eigenvalue weighted by Crippen LogP contribution is -2.63. The molecule has 0 radical (unpaired) electrons. The maximum Gasteiger partial charge on any atom is 0.495 e. The zero-order chi connectivity index (χ0) is 33.6. The molecule has 0 saturated heterocycles. The Hall–Kier alpha value is -2.86. The number of halogens is 19. The van der Waals surface area contributed by atoms with Crippen LogP contribution in [0.3, 0.4) is 0 Å². The second-order valence-corrected chi connectivity index (χ2v) is 11.8. The van der Waals surface area contributed by atoms with Gasteiger partial charge >= 0.3 is 24.0 Å². The molecule has 240 valence electrons. The molecule has 1 aromatic rings. The molecule has 0 aliphatic heterocycles. The highest BCUT2D eigenvalue weighted by Gasteiger charge is 2.84. The van der Waals surface area contributed by atoms with Crippen LogP contribution in [0.1, 0.15) is 11.1 Å². The molecule has 0 spiro atoms. The van der Waals surface area contributed by atoms with Crippen LogP contribution in [0, 0.1) is 34.9 Å². The van der Waals surface area contributed by atoms with Crippen LogP contribution in [0.25, 0.3) is 5.83 Å². The quantitative estimate of drug-likeness (QED) is 0.148. The van der Waals surface area contributed by atoms with Crippen LogP contribution in [0.5, 0.6) is 0 Å². The summed E-state index contributed by atoms with van der Waals surface area (Å²) in [7, 11) is -16.7. The molecular weight excluding hydrogens is 693 g/mol. The van der Waals surface area contributed by atoms with Crippen LogP contribution in [0.2, 0.25) is 0 Å². The summed E-state index contributed by atoms with van der Waals surface area (Å²) in [5, 5.41) is 0. The van der Waals surface area contributed by atoms with Crippen LogP contribution in [-0.2, 0) is 19.7 Å². The van der Waals surface area contributed by atoms with Crippen LogP contribution in [-0.4, -0.2) is 46.6 Å². The molecule has 1 aliphatic rings. The number of rotatable bonds is 4. The highest BCUT2D eigenvalue weighted by Crippen LogP contribution is 2.61. The Morgan fingerprint density at radius 1 is 0.595 bits per heavy atom. The molecule has 0 saturated carbocycles. The molecule has 1 aliphatic carbocycles. The summed E-state index contributed by atoms with van der Waals surface area (Å²) in [6, 6.07) is 0. The Kier molecular flexibility index (Phi) is 8.27. The zero-order valence-corrected chi connectivity index (χ0v) is 20.0. The number of allylic oxidation sites excluding steroid dienone is 2. The zero-order valence-electron chi connectivity index (χ0n) is 18.3. The highest BCUT2D eigenvalue weighted by molar-refractivity contribution is 8.14. The molecule has 0 fully saturated rings. The van der Waals surface area contributed by atoms with Crippen molar-refractivity contribution in [3.8, 4) is 0 Å². The highest BCUT2D eigenvalue weighted by atomic mass is 32.3. The van der Waals surface area contributed by atoms with Crippen molar-refractivity contribution < 1.29 is 100 Å². The van der Waals surface area contributed by atoms with E-state index in [4.69, 9.17) is 0 Å². The van der Waals surface area contributed by atoms with E-state index in [1.807, 2.05) is 0 Å². The van der Waals surface area contributed by atoms with E-state index < -0.39 is 117 Å².